The van der Waals surface area contributed by atoms with Crippen molar-refractivity contribution in [1.29, 1.82) is 0 Å². The Bertz CT molecular complexity index is 634. The van der Waals surface area contributed by atoms with Crippen molar-refractivity contribution < 1.29 is 9.59 Å². The van der Waals surface area contributed by atoms with Gasteiger partial charge in [0, 0.05) is 18.3 Å². The lowest BCUT2D eigenvalue weighted by molar-refractivity contribution is -0.118. The van der Waals surface area contributed by atoms with Crippen LogP contribution in [0.3, 0.4) is 0 Å². The van der Waals surface area contributed by atoms with E-state index in [0.717, 1.165) is 11.3 Å². The maximum atomic E-state index is 12.3. The van der Waals surface area contributed by atoms with E-state index in [4.69, 9.17) is 0 Å². The van der Waals surface area contributed by atoms with Gasteiger partial charge in [-0.25, -0.2) is 14.7 Å². The number of imidazole rings is 1. The number of benzene rings is 1. The number of nitrogens with zero attached hydrogens (tertiary/aromatic N) is 2. The summed E-state index contributed by atoms with van der Waals surface area (Å²) in [6.07, 6.45) is 3.61. The third kappa shape index (κ3) is 2.16. The molecule has 3 rings (SSSR count). The van der Waals surface area contributed by atoms with Crippen molar-refractivity contribution >= 4 is 17.6 Å². The van der Waals surface area contributed by atoms with Gasteiger partial charge in [0.2, 0.25) is 0 Å². The van der Waals surface area contributed by atoms with E-state index in [2.05, 4.69) is 15.3 Å². The summed E-state index contributed by atoms with van der Waals surface area (Å²) in [6, 6.07) is 6.35. The molecule has 6 heteroatoms. The lowest BCUT2D eigenvalue weighted by Crippen LogP contribution is -2.32. The van der Waals surface area contributed by atoms with Crippen LogP contribution in [0, 0.1) is 6.92 Å². The highest BCUT2D eigenvalue weighted by molar-refractivity contribution is 6.21. The Morgan fingerprint density at radius 3 is 2.65 bits per heavy atom. The Balaban J connectivity index is 1.81. The summed E-state index contributed by atoms with van der Waals surface area (Å²) in [7, 11) is 0. The number of anilines is 1. The number of H-pyrrole nitrogens is 1. The molecule has 0 saturated carbocycles. The molecular formula is C14H14N4O2. The molecule has 0 unspecified atom stereocenters. The highest BCUT2D eigenvalue weighted by atomic mass is 16.2. The molecule has 3 amide bonds. The number of hydrogen-bond acceptors (Lipinski definition) is 3. The van der Waals surface area contributed by atoms with E-state index in [0.29, 0.717) is 12.1 Å². The number of rotatable bonds is 3. The maximum absolute atomic E-state index is 12.3. The molecule has 1 aliphatic heterocycles. The minimum Gasteiger partial charge on any atom is -0.348 e. The Hall–Kier alpha value is -2.63. The number of urea groups is 1. The van der Waals surface area contributed by atoms with Gasteiger partial charge in [-0.1, -0.05) is 17.7 Å². The topological polar surface area (TPSA) is 78.1 Å². The van der Waals surface area contributed by atoms with Gasteiger partial charge in [-0.3, -0.25) is 4.79 Å². The molecule has 1 aromatic heterocycles. The number of aromatic amines is 1. The van der Waals surface area contributed by atoms with Crippen LogP contribution in [0.15, 0.2) is 36.8 Å². The fraction of sp³-hybridized carbons (Fsp3) is 0.214. The standard InChI is InChI=1S/C14H14N4O2/c1-9-2-4-11(5-3-9)18-13(19)12(17-14(18)20)6-10-7-15-8-16-10/h2-5,7-8,12H,6H2,1H3,(H,15,16)(H,17,20)/t12-/m1/s1. The fourth-order valence-corrected chi connectivity index (χ4v) is 2.22. The van der Waals surface area contributed by atoms with Crippen LogP contribution >= 0.6 is 0 Å². The van der Waals surface area contributed by atoms with Crippen LogP contribution in [-0.4, -0.2) is 27.9 Å². The van der Waals surface area contributed by atoms with E-state index in [1.165, 1.54) is 4.90 Å². The predicted molar refractivity (Wildman–Crippen MR) is 73.3 cm³/mol. The molecule has 1 saturated heterocycles. The molecule has 0 bridgehead atoms. The maximum Gasteiger partial charge on any atom is 0.329 e. The normalized spacial score (nSPS) is 18.4. The smallest absolute Gasteiger partial charge is 0.329 e. The third-order valence-corrected chi connectivity index (χ3v) is 3.29. The van der Waals surface area contributed by atoms with Crippen molar-refractivity contribution in [3.63, 3.8) is 0 Å². The summed E-state index contributed by atoms with van der Waals surface area (Å²) in [5, 5.41) is 2.69. The Morgan fingerprint density at radius 1 is 1.25 bits per heavy atom. The van der Waals surface area contributed by atoms with Crippen LogP contribution in [-0.2, 0) is 11.2 Å². The summed E-state index contributed by atoms with van der Waals surface area (Å²) in [5.74, 6) is -0.242. The van der Waals surface area contributed by atoms with E-state index < -0.39 is 6.04 Å². The van der Waals surface area contributed by atoms with Crippen LogP contribution in [0.4, 0.5) is 10.5 Å². The largest absolute Gasteiger partial charge is 0.348 e. The van der Waals surface area contributed by atoms with Crippen LogP contribution in [0.5, 0.6) is 0 Å². The first kappa shape index (κ1) is 12.4. The number of hydrogen-bond donors (Lipinski definition) is 2. The number of nitrogens with one attached hydrogen (secondary N) is 2. The number of imide groups is 1. The minimum atomic E-state index is -0.552. The Labute approximate surface area is 115 Å². The quantitative estimate of drug-likeness (QED) is 0.827. The Morgan fingerprint density at radius 2 is 2.00 bits per heavy atom. The van der Waals surface area contributed by atoms with Crippen molar-refractivity contribution in [2.24, 2.45) is 0 Å². The summed E-state index contributed by atoms with van der Waals surface area (Å²) >= 11 is 0. The SMILES string of the molecule is Cc1ccc(N2C(=O)N[C@H](Cc3cnc[nH]3)C2=O)cc1. The second kappa shape index (κ2) is 4.80. The summed E-state index contributed by atoms with van der Waals surface area (Å²) < 4.78 is 0. The summed E-state index contributed by atoms with van der Waals surface area (Å²) in [5.41, 5.74) is 2.48. The van der Waals surface area contributed by atoms with E-state index >= 15 is 0 Å². The van der Waals surface area contributed by atoms with Crippen molar-refractivity contribution in [3.8, 4) is 0 Å². The molecule has 2 N–H and O–H groups in total. The van der Waals surface area contributed by atoms with Gasteiger partial charge in [-0.2, -0.15) is 0 Å². The fourth-order valence-electron chi connectivity index (χ4n) is 2.22. The first-order valence-electron chi connectivity index (χ1n) is 6.33. The predicted octanol–water partition coefficient (Wildman–Crippen LogP) is 1.39. The number of amides is 3. The molecule has 0 aliphatic carbocycles. The number of carbonyl (C=O) groups is 2. The van der Waals surface area contributed by atoms with Gasteiger partial charge in [-0.05, 0) is 19.1 Å². The average molecular weight is 270 g/mol. The molecule has 102 valence electrons. The molecule has 1 atom stereocenters. The molecule has 2 heterocycles. The lowest BCUT2D eigenvalue weighted by atomic mass is 10.1. The van der Waals surface area contributed by atoms with Crippen LogP contribution < -0.4 is 10.2 Å². The van der Waals surface area contributed by atoms with Crippen LogP contribution in [0.25, 0.3) is 0 Å². The van der Waals surface area contributed by atoms with Crippen LogP contribution in [0.2, 0.25) is 0 Å². The molecule has 20 heavy (non-hydrogen) atoms. The highest BCUT2D eigenvalue weighted by Gasteiger charge is 2.39. The molecule has 1 fully saturated rings. The van der Waals surface area contributed by atoms with E-state index in [-0.39, 0.29) is 11.9 Å². The number of aryl methyl sites for hydroxylation is 1. The average Bonchev–Trinajstić information content (AvgIpc) is 3.02. The second-order valence-electron chi connectivity index (χ2n) is 4.79. The Kier molecular flexibility index (Phi) is 2.98. The van der Waals surface area contributed by atoms with E-state index in [1.54, 1.807) is 24.7 Å². The zero-order chi connectivity index (χ0) is 14.1. The first-order valence-corrected chi connectivity index (χ1v) is 6.33. The zero-order valence-corrected chi connectivity index (χ0v) is 11.0. The molecule has 0 radical (unpaired) electrons. The monoisotopic (exact) mass is 270 g/mol. The van der Waals surface area contributed by atoms with Crippen molar-refractivity contribution in [1.82, 2.24) is 15.3 Å². The van der Waals surface area contributed by atoms with Gasteiger partial charge in [0.05, 0.1) is 12.0 Å². The lowest BCUT2D eigenvalue weighted by Gasteiger charge is -2.13. The van der Waals surface area contributed by atoms with Crippen molar-refractivity contribution in [3.05, 3.63) is 48.0 Å². The molecule has 6 nitrogen and oxygen atoms in total. The first-order chi connectivity index (χ1) is 9.65. The van der Waals surface area contributed by atoms with Gasteiger partial charge in [0.15, 0.2) is 0 Å². The third-order valence-electron chi connectivity index (χ3n) is 3.29. The van der Waals surface area contributed by atoms with Gasteiger partial charge in [-0.15, -0.1) is 0 Å². The molecule has 1 aromatic carbocycles. The van der Waals surface area contributed by atoms with E-state index in [9.17, 15) is 9.59 Å². The van der Waals surface area contributed by atoms with Crippen molar-refractivity contribution in [2.75, 3.05) is 4.90 Å². The van der Waals surface area contributed by atoms with Gasteiger partial charge >= 0.3 is 6.03 Å². The second-order valence-corrected chi connectivity index (χ2v) is 4.79. The van der Waals surface area contributed by atoms with Gasteiger partial charge < -0.3 is 10.3 Å². The van der Waals surface area contributed by atoms with Crippen molar-refractivity contribution in [2.45, 2.75) is 19.4 Å². The summed E-state index contributed by atoms with van der Waals surface area (Å²) in [6.45, 7) is 1.96. The molecule has 1 aliphatic rings. The van der Waals surface area contributed by atoms with E-state index in [1.807, 2.05) is 19.1 Å². The molecule has 0 spiro atoms. The number of carbonyl (C=O) groups excluding carboxylic acids is 2. The zero-order valence-electron chi connectivity index (χ0n) is 11.0. The highest BCUT2D eigenvalue weighted by Crippen LogP contribution is 2.21. The van der Waals surface area contributed by atoms with Crippen LogP contribution in [0.1, 0.15) is 11.3 Å². The minimum absolute atomic E-state index is 0.242. The summed E-state index contributed by atoms with van der Waals surface area (Å²) in [4.78, 5) is 32.3. The van der Waals surface area contributed by atoms with Gasteiger partial charge in [0.1, 0.15) is 6.04 Å². The molecular weight excluding hydrogens is 256 g/mol. The molecule has 2 aromatic rings. The number of aromatic nitrogens is 2. The van der Waals surface area contributed by atoms with Gasteiger partial charge in [0.25, 0.3) is 5.91 Å².